The van der Waals surface area contributed by atoms with Gasteiger partial charge >= 0.3 is 5.97 Å². The van der Waals surface area contributed by atoms with Crippen LogP contribution in [0.5, 0.6) is 11.5 Å². The van der Waals surface area contributed by atoms with Gasteiger partial charge in [0.1, 0.15) is 47.6 Å². The maximum Gasteiger partial charge on any atom is 0.337 e. The van der Waals surface area contributed by atoms with Crippen LogP contribution >= 0.6 is 11.6 Å². The average Bonchev–Trinajstić information content (AvgIpc) is 3.62. The molecule has 218 valence electrons. The Morgan fingerprint density at radius 1 is 1.12 bits per heavy atom. The molecule has 4 aromatic rings. The summed E-state index contributed by atoms with van der Waals surface area (Å²) in [5, 5.41) is 25.3. The highest BCUT2D eigenvalue weighted by molar-refractivity contribution is 6.31. The van der Waals surface area contributed by atoms with E-state index in [-0.39, 0.29) is 25.3 Å². The Balaban J connectivity index is 1.14. The topological polar surface area (TPSA) is 118 Å². The van der Waals surface area contributed by atoms with Crippen molar-refractivity contribution in [2.45, 2.75) is 57.8 Å². The molecule has 1 aliphatic carbocycles. The van der Waals surface area contributed by atoms with Gasteiger partial charge in [-0.15, -0.1) is 0 Å². The van der Waals surface area contributed by atoms with Crippen molar-refractivity contribution >= 4 is 23.4 Å². The number of aryl methyl sites for hydroxylation is 2. The molecule has 1 saturated heterocycles. The molecule has 2 aromatic carbocycles. The Morgan fingerprint density at radius 3 is 2.57 bits per heavy atom. The summed E-state index contributed by atoms with van der Waals surface area (Å²) in [6, 6.07) is 14.5. The highest BCUT2D eigenvalue weighted by atomic mass is 35.5. The minimum absolute atomic E-state index is 0.114. The summed E-state index contributed by atoms with van der Waals surface area (Å²) < 4.78 is 18.1. The summed E-state index contributed by atoms with van der Waals surface area (Å²) in [4.78, 5) is 17.3. The number of hydrogen-bond donors (Lipinski definition) is 2. The van der Waals surface area contributed by atoms with Crippen molar-refractivity contribution in [1.82, 2.24) is 10.1 Å². The minimum atomic E-state index is -1.19. The van der Waals surface area contributed by atoms with Gasteiger partial charge in [-0.1, -0.05) is 41.0 Å². The molecule has 1 aliphatic heterocycles. The van der Waals surface area contributed by atoms with E-state index >= 15 is 0 Å². The van der Waals surface area contributed by atoms with Crippen molar-refractivity contribution in [2.24, 2.45) is 0 Å². The van der Waals surface area contributed by atoms with E-state index in [1.54, 1.807) is 24.3 Å². The van der Waals surface area contributed by atoms with Crippen LogP contribution in [0, 0.1) is 13.8 Å². The number of nitrogens with zero attached hydrogens (tertiary/aromatic N) is 3. The van der Waals surface area contributed by atoms with Gasteiger partial charge in [-0.25, -0.2) is 9.78 Å². The van der Waals surface area contributed by atoms with Crippen molar-refractivity contribution in [1.29, 1.82) is 0 Å². The van der Waals surface area contributed by atoms with Crippen molar-refractivity contribution in [3.63, 3.8) is 0 Å². The molecule has 2 aromatic heterocycles. The highest BCUT2D eigenvalue weighted by Crippen LogP contribution is 2.43. The number of carbonyl (C=O) groups is 1. The molecule has 10 heteroatoms. The van der Waals surface area contributed by atoms with E-state index in [1.807, 2.05) is 36.9 Å². The molecule has 0 spiro atoms. The number of pyridine rings is 1. The lowest BCUT2D eigenvalue weighted by Gasteiger charge is -2.25. The van der Waals surface area contributed by atoms with Crippen LogP contribution in [-0.4, -0.2) is 39.4 Å². The molecule has 1 saturated carbocycles. The van der Waals surface area contributed by atoms with E-state index in [2.05, 4.69) is 10.1 Å². The lowest BCUT2D eigenvalue weighted by atomic mass is 9.93. The van der Waals surface area contributed by atoms with Crippen LogP contribution in [-0.2, 0) is 18.8 Å². The molecule has 42 heavy (non-hydrogen) atoms. The zero-order chi connectivity index (χ0) is 29.4. The number of benzene rings is 2. The van der Waals surface area contributed by atoms with Gasteiger partial charge in [0.2, 0.25) is 0 Å². The molecule has 2 N–H and O–H groups in total. The van der Waals surface area contributed by atoms with Gasteiger partial charge in [0.25, 0.3) is 0 Å². The zero-order valence-corrected chi connectivity index (χ0v) is 24.2. The van der Waals surface area contributed by atoms with Crippen molar-refractivity contribution < 1.29 is 29.0 Å². The molecule has 2 fully saturated rings. The van der Waals surface area contributed by atoms with Crippen LogP contribution < -0.4 is 14.4 Å². The number of anilines is 1. The molecule has 0 bridgehead atoms. The number of aromatic carboxylic acids is 1. The molecular weight excluding hydrogens is 558 g/mol. The first-order chi connectivity index (χ1) is 20.2. The summed E-state index contributed by atoms with van der Waals surface area (Å²) in [6.07, 6.45) is 3.90. The van der Waals surface area contributed by atoms with E-state index in [1.165, 1.54) is 12.3 Å². The number of β-amino-alcohol motifs (C(OH)–C–C–N with tert-alkyl or cyclic N) is 1. The van der Waals surface area contributed by atoms with E-state index in [4.69, 9.17) is 30.7 Å². The van der Waals surface area contributed by atoms with Gasteiger partial charge in [0, 0.05) is 24.2 Å². The first-order valence-electron chi connectivity index (χ1n) is 14.0. The summed E-state index contributed by atoms with van der Waals surface area (Å²) >= 11 is 6.69. The fourth-order valence-electron chi connectivity index (χ4n) is 5.49. The third-order valence-electron chi connectivity index (χ3n) is 8.00. The third kappa shape index (κ3) is 5.67. The largest absolute Gasteiger partial charge is 0.489 e. The third-order valence-corrected chi connectivity index (χ3v) is 8.31. The van der Waals surface area contributed by atoms with Gasteiger partial charge in [-0.2, -0.15) is 0 Å². The Morgan fingerprint density at radius 2 is 1.90 bits per heavy atom. The predicted octanol–water partition coefficient (Wildman–Crippen LogP) is 6.17. The number of aromatic nitrogens is 2. The van der Waals surface area contributed by atoms with Gasteiger partial charge in [0.15, 0.2) is 0 Å². The maximum atomic E-state index is 11.5. The molecule has 0 radical (unpaired) electrons. The lowest BCUT2D eigenvalue weighted by molar-refractivity contribution is 0.0606. The van der Waals surface area contributed by atoms with E-state index in [9.17, 15) is 9.90 Å². The van der Waals surface area contributed by atoms with Crippen molar-refractivity contribution in [3.8, 4) is 11.5 Å². The second-order valence-corrected chi connectivity index (χ2v) is 11.5. The molecule has 0 amide bonds. The van der Waals surface area contributed by atoms with E-state index < -0.39 is 11.6 Å². The van der Waals surface area contributed by atoms with Crippen LogP contribution in [0.1, 0.15) is 69.2 Å². The fourth-order valence-corrected chi connectivity index (χ4v) is 5.83. The quantitative estimate of drug-likeness (QED) is 0.224. The summed E-state index contributed by atoms with van der Waals surface area (Å²) in [5.74, 6) is 2.19. The molecule has 1 atom stereocenters. The van der Waals surface area contributed by atoms with Crippen molar-refractivity contribution in [3.05, 3.63) is 99.0 Å². The van der Waals surface area contributed by atoms with Crippen LogP contribution in [0.25, 0.3) is 0 Å². The first-order valence-corrected chi connectivity index (χ1v) is 14.4. The van der Waals surface area contributed by atoms with Gasteiger partial charge in [-0.05, 0) is 68.5 Å². The highest BCUT2D eigenvalue weighted by Gasteiger charge is 2.40. The summed E-state index contributed by atoms with van der Waals surface area (Å²) in [6.45, 7) is 5.40. The van der Waals surface area contributed by atoms with E-state index in [0.717, 1.165) is 41.0 Å². The number of carboxylic acids is 1. The Labute approximate surface area is 248 Å². The first kappa shape index (κ1) is 28.1. The van der Waals surface area contributed by atoms with Gasteiger partial charge in [-0.3, -0.25) is 0 Å². The standard InChI is InChI=1S/C32H32ClN3O6/c1-19-4-3-5-20(2)29(19)41-17-27-24(30(42-35-27)21-6-7-21)16-40-23-9-10-25(26(33)14-23)32(39)12-13-36(18-32)28-11-8-22(15-34-28)31(37)38/h3-5,8-11,14-15,21,39H,6-7,12-13,16-18H2,1-2H3,(H,37,38). The predicted molar refractivity (Wildman–Crippen MR) is 156 cm³/mol. The number of para-hydroxylation sites is 1. The second kappa shape index (κ2) is 11.3. The number of hydrogen-bond acceptors (Lipinski definition) is 8. The monoisotopic (exact) mass is 589 g/mol. The van der Waals surface area contributed by atoms with E-state index in [0.29, 0.717) is 46.7 Å². The van der Waals surface area contributed by atoms with Crippen LogP contribution in [0.15, 0.2) is 59.3 Å². The number of rotatable bonds is 10. The smallest absolute Gasteiger partial charge is 0.337 e. The molecule has 9 nitrogen and oxygen atoms in total. The molecule has 1 unspecified atom stereocenters. The van der Waals surface area contributed by atoms with Crippen LogP contribution in [0.4, 0.5) is 5.82 Å². The fraction of sp³-hybridized carbons (Fsp3) is 0.344. The summed E-state index contributed by atoms with van der Waals surface area (Å²) in [7, 11) is 0. The van der Waals surface area contributed by atoms with Gasteiger partial charge in [0.05, 0.1) is 22.7 Å². The molecule has 6 rings (SSSR count). The SMILES string of the molecule is Cc1cccc(C)c1OCc1noc(C2CC2)c1COc1ccc(C2(O)CCN(c3ccc(C(=O)O)cn3)C2)c(Cl)c1. The second-order valence-electron chi connectivity index (χ2n) is 11.1. The Hall–Kier alpha value is -4.08. The number of carboxylic acid groups (broad SMARTS) is 1. The number of ether oxygens (including phenoxy) is 2. The zero-order valence-electron chi connectivity index (χ0n) is 23.5. The Kier molecular flexibility index (Phi) is 7.55. The summed E-state index contributed by atoms with van der Waals surface area (Å²) in [5.41, 5.74) is 3.27. The molecular formula is C32H32ClN3O6. The van der Waals surface area contributed by atoms with Crippen LogP contribution in [0.2, 0.25) is 5.02 Å². The van der Waals surface area contributed by atoms with Crippen LogP contribution in [0.3, 0.4) is 0 Å². The minimum Gasteiger partial charge on any atom is -0.489 e. The maximum absolute atomic E-state index is 11.5. The molecule has 3 heterocycles. The normalized spacial score (nSPS) is 18.3. The van der Waals surface area contributed by atoms with Crippen molar-refractivity contribution in [2.75, 3.05) is 18.0 Å². The lowest BCUT2D eigenvalue weighted by Crippen LogP contribution is -2.31. The van der Waals surface area contributed by atoms with Gasteiger partial charge < -0.3 is 29.1 Å². The molecule has 2 aliphatic rings. The Bertz CT molecular complexity index is 1600. The number of aliphatic hydroxyl groups is 1. The average molecular weight is 590 g/mol. The number of halogens is 1.